The lowest BCUT2D eigenvalue weighted by atomic mass is 10.4. The van der Waals surface area contributed by atoms with Gasteiger partial charge in [0.15, 0.2) is 0 Å². The van der Waals surface area contributed by atoms with Crippen LogP contribution >= 0.6 is 11.6 Å². The number of nitrogens with zero attached hydrogens (tertiary/aromatic N) is 1. The molecule has 6 heteroatoms. The van der Waals surface area contributed by atoms with Crippen LogP contribution < -0.4 is 0 Å². The second-order valence-corrected chi connectivity index (χ2v) is 7.15. The van der Waals surface area contributed by atoms with Gasteiger partial charge in [-0.25, -0.2) is 8.42 Å². The summed E-state index contributed by atoms with van der Waals surface area (Å²) in [7, 11) is -3.55. The molecule has 2 aromatic rings. The Labute approximate surface area is 123 Å². The smallest absolute Gasteiger partial charge is 0.243 e. The second kappa shape index (κ2) is 5.24. The Morgan fingerprint density at radius 2 is 2.05 bits per heavy atom. The predicted molar refractivity (Wildman–Crippen MR) is 75.9 cm³/mol. The fourth-order valence-corrected chi connectivity index (χ4v) is 4.04. The third-order valence-electron chi connectivity index (χ3n) is 3.25. The van der Waals surface area contributed by atoms with Crippen LogP contribution in [0.1, 0.15) is 18.6 Å². The molecule has 0 N–H and O–H groups in total. The monoisotopic (exact) mass is 311 g/mol. The van der Waals surface area contributed by atoms with E-state index in [0.29, 0.717) is 10.8 Å². The van der Waals surface area contributed by atoms with Gasteiger partial charge in [0.1, 0.15) is 5.76 Å². The fourth-order valence-electron chi connectivity index (χ4n) is 2.09. The van der Waals surface area contributed by atoms with E-state index in [9.17, 15) is 8.42 Å². The van der Waals surface area contributed by atoms with Gasteiger partial charge in [-0.1, -0.05) is 17.7 Å². The Balaban J connectivity index is 1.94. The van der Waals surface area contributed by atoms with Crippen LogP contribution in [0.3, 0.4) is 0 Å². The maximum Gasteiger partial charge on any atom is 0.243 e. The predicted octanol–water partition coefficient (Wildman–Crippen LogP) is 3.29. The van der Waals surface area contributed by atoms with E-state index in [2.05, 4.69) is 0 Å². The largest absolute Gasteiger partial charge is 0.468 e. The lowest BCUT2D eigenvalue weighted by molar-refractivity contribution is 0.356. The molecule has 0 amide bonds. The molecule has 0 radical (unpaired) electrons. The summed E-state index contributed by atoms with van der Waals surface area (Å²) < 4.78 is 32.2. The average Bonchev–Trinajstić information content (AvgIpc) is 3.12. The third kappa shape index (κ3) is 2.75. The van der Waals surface area contributed by atoms with Crippen molar-refractivity contribution in [2.45, 2.75) is 30.3 Å². The summed E-state index contributed by atoms with van der Waals surface area (Å²) in [5.41, 5.74) is 0. The molecule has 1 aromatic carbocycles. The topological polar surface area (TPSA) is 50.5 Å². The standard InChI is InChI=1S/C14H14ClNO3S/c15-11-3-1-5-14(9-11)20(17,18)16(12-6-7-12)10-13-4-2-8-19-13/h1-5,8-9,12H,6-7,10H2. The first-order valence-electron chi connectivity index (χ1n) is 6.37. The highest BCUT2D eigenvalue weighted by molar-refractivity contribution is 7.89. The molecule has 1 fully saturated rings. The number of rotatable bonds is 5. The summed E-state index contributed by atoms with van der Waals surface area (Å²) in [4.78, 5) is 0.225. The van der Waals surface area contributed by atoms with E-state index in [1.165, 1.54) is 10.4 Å². The molecule has 0 spiro atoms. The summed E-state index contributed by atoms with van der Waals surface area (Å²) in [6, 6.07) is 9.95. The van der Waals surface area contributed by atoms with Crippen molar-refractivity contribution in [2.75, 3.05) is 0 Å². The highest BCUT2D eigenvalue weighted by Crippen LogP contribution is 2.34. The molecule has 0 aliphatic heterocycles. The Hall–Kier alpha value is -1.30. The molecule has 1 aliphatic rings. The van der Waals surface area contributed by atoms with E-state index in [1.807, 2.05) is 0 Å². The zero-order valence-electron chi connectivity index (χ0n) is 10.7. The second-order valence-electron chi connectivity index (χ2n) is 4.82. The Bertz CT molecular complexity index is 693. The van der Waals surface area contributed by atoms with Crippen LogP contribution in [-0.4, -0.2) is 18.8 Å². The summed E-state index contributed by atoms with van der Waals surface area (Å²) in [6.07, 6.45) is 3.33. The van der Waals surface area contributed by atoms with Gasteiger partial charge in [-0.05, 0) is 43.2 Å². The van der Waals surface area contributed by atoms with Gasteiger partial charge in [-0.15, -0.1) is 0 Å². The number of hydrogen-bond donors (Lipinski definition) is 0. The molecule has 4 nitrogen and oxygen atoms in total. The first-order valence-corrected chi connectivity index (χ1v) is 8.19. The fraction of sp³-hybridized carbons (Fsp3) is 0.286. The van der Waals surface area contributed by atoms with Crippen molar-refractivity contribution in [1.29, 1.82) is 0 Å². The highest BCUT2D eigenvalue weighted by atomic mass is 35.5. The number of benzene rings is 1. The molecule has 0 saturated heterocycles. The molecule has 20 heavy (non-hydrogen) atoms. The van der Waals surface area contributed by atoms with Gasteiger partial charge in [-0.3, -0.25) is 0 Å². The summed E-state index contributed by atoms with van der Waals surface area (Å²) >= 11 is 5.89. The maximum absolute atomic E-state index is 12.7. The van der Waals surface area contributed by atoms with Crippen LogP contribution in [0.2, 0.25) is 5.02 Å². The minimum absolute atomic E-state index is 0.0593. The van der Waals surface area contributed by atoms with Crippen molar-refractivity contribution >= 4 is 21.6 Å². The van der Waals surface area contributed by atoms with Gasteiger partial charge >= 0.3 is 0 Å². The SMILES string of the molecule is O=S(=O)(c1cccc(Cl)c1)N(Cc1ccco1)C1CC1. The van der Waals surface area contributed by atoms with Gasteiger partial charge in [0.25, 0.3) is 0 Å². The molecule has 106 valence electrons. The molecule has 0 bridgehead atoms. The van der Waals surface area contributed by atoms with E-state index in [4.69, 9.17) is 16.0 Å². The average molecular weight is 312 g/mol. The Morgan fingerprint density at radius 3 is 2.65 bits per heavy atom. The number of furan rings is 1. The number of halogens is 1. The lowest BCUT2D eigenvalue weighted by Gasteiger charge is -2.20. The summed E-state index contributed by atoms with van der Waals surface area (Å²) in [6.45, 7) is 0.256. The van der Waals surface area contributed by atoms with Crippen molar-refractivity contribution < 1.29 is 12.8 Å². The van der Waals surface area contributed by atoms with Gasteiger partial charge in [0.2, 0.25) is 10.0 Å². The quantitative estimate of drug-likeness (QED) is 0.851. The van der Waals surface area contributed by atoms with Crippen LogP contribution in [-0.2, 0) is 16.6 Å². The van der Waals surface area contributed by atoms with Gasteiger partial charge in [0.05, 0.1) is 17.7 Å². The van der Waals surface area contributed by atoms with Crippen molar-refractivity contribution in [2.24, 2.45) is 0 Å². The molecular formula is C14H14ClNO3S. The van der Waals surface area contributed by atoms with Crippen LogP contribution in [0.15, 0.2) is 52.0 Å². The zero-order chi connectivity index (χ0) is 14.2. The van der Waals surface area contributed by atoms with E-state index < -0.39 is 10.0 Å². The molecular weight excluding hydrogens is 298 g/mol. The Morgan fingerprint density at radius 1 is 1.25 bits per heavy atom. The molecule has 3 rings (SSSR count). The summed E-state index contributed by atoms with van der Waals surface area (Å²) in [5, 5.41) is 0.417. The first-order chi connectivity index (χ1) is 9.57. The summed E-state index contributed by atoms with van der Waals surface area (Å²) in [5.74, 6) is 0.641. The molecule has 1 aliphatic carbocycles. The highest BCUT2D eigenvalue weighted by Gasteiger charge is 2.38. The molecule has 1 heterocycles. The van der Waals surface area contributed by atoms with E-state index in [1.54, 1.807) is 36.6 Å². The molecule has 1 saturated carbocycles. The zero-order valence-corrected chi connectivity index (χ0v) is 12.3. The maximum atomic E-state index is 12.7. The van der Waals surface area contributed by atoms with E-state index in [0.717, 1.165) is 12.8 Å². The number of hydrogen-bond acceptors (Lipinski definition) is 3. The van der Waals surface area contributed by atoms with Crippen molar-refractivity contribution in [3.63, 3.8) is 0 Å². The molecule has 0 unspecified atom stereocenters. The van der Waals surface area contributed by atoms with Gasteiger partial charge in [-0.2, -0.15) is 4.31 Å². The van der Waals surface area contributed by atoms with Crippen molar-refractivity contribution in [1.82, 2.24) is 4.31 Å². The minimum Gasteiger partial charge on any atom is -0.468 e. The lowest BCUT2D eigenvalue weighted by Crippen LogP contribution is -2.32. The first kappa shape index (κ1) is 13.7. The Kier molecular flexibility index (Phi) is 3.58. The molecule has 0 atom stereocenters. The third-order valence-corrected chi connectivity index (χ3v) is 5.38. The van der Waals surface area contributed by atoms with Gasteiger partial charge in [0, 0.05) is 11.1 Å². The van der Waals surface area contributed by atoms with E-state index >= 15 is 0 Å². The van der Waals surface area contributed by atoms with Crippen molar-refractivity contribution in [3.8, 4) is 0 Å². The minimum atomic E-state index is -3.55. The van der Waals surface area contributed by atoms with Crippen LogP contribution in [0.25, 0.3) is 0 Å². The van der Waals surface area contributed by atoms with Crippen LogP contribution in [0, 0.1) is 0 Å². The van der Waals surface area contributed by atoms with E-state index in [-0.39, 0.29) is 17.5 Å². The van der Waals surface area contributed by atoms with Gasteiger partial charge < -0.3 is 4.42 Å². The van der Waals surface area contributed by atoms with Crippen LogP contribution in [0.5, 0.6) is 0 Å². The van der Waals surface area contributed by atoms with Crippen molar-refractivity contribution in [3.05, 3.63) is 53.4 Å². The normalized spacial score (nSPS) is 15.7. The van der Waals surface area contributed by atoms with Crippen LogP contribution in [0.4, 0.5) is 0 Å². The number of sulfonamides is 1. The molecule has 1 aromatic heterocycles.